The fraction of sp³-hybridized carbons (Fsp3) is 0.0500. The van der Waals surface area contributed by atoms with Crippen LogP contribution < -0.4 is 10.2 Å². The number of hydrazone groups is 1. The Kier molecular flexibility index (Phi) is 5.04. The molecule has 0 heterocycles. The third-order valence-corrected chi connectivity index (χ3v) is 3.60. The van der Waals surface area contributed by atoms with E-state index >= 15 is 0 Å². The molecule has 126 valence electrons. The number of methoxy groups -OCH3 is 1. The summed E-state index contributed by atoms with van der Waals surface area (Å²) < 4.78 is 32.4. The number of hydrogen-bond donors (Lipinski definition) is 1. The smallest absolute Gasteiger partial charge is 0.179 e. The Morgan fingerprint density at radius 3 is 1.96 bits per heavy atom. The van der Waals surface area contributed by atoms with Gasteiger partial charge < -0.3 is 4.74 Å². The summed E-state index contributed by atoms with van der Waals surface area (Å²) in [6, 6.07) is 21.0. The number of nitrogens with one attached hydrogen (secondary N) is 1. The highest BCUT2D eigenvalue weighted by atomic mass is 19.1. The van der Waals surface area contributed by atoms with Crippen molar-refractivity contribution in [3.63, 3.8) is 0 Å². The lowest BCUT2D eigenvalue weighted by molar-refractivity contribution is 0.386. The topological polar surface area (TPSA) is 33.6 Å². The number of benzene rings is 3. The molecular formula is C20H16F2N2O. The standard InChI is InChI=1S/C20H16F2N2O/c1-25-20-17(22)12-16(21)13-18(20)23-24-19(14-8-4-2-5-9-14)15-10-6-3-7-11-15/h2-13,23H,1H3. The van der Waals surface area contributed by atoms with E-state index in [-0.39, 0.29) is 11.4 Å². The maximum Gasteiger partial charge on any atom is 0.179 e. The molecule has 0 aliphatic carbocycles. The quantitative estimate of drug-likeness (QED) is 0.533. The van der Waals surface area contributed by atoms with Crippen LogP contribution >= 0.6 is 0 Å². The molecule has 0 aliphatic rings. The molecule has 3 aromatic rings. The summed E-state index contributed by atoms with van der Waals surface area (Å²) in [5.74, 6) is -1.59. The first kappa shape index (κ1) is 16.6. The summed E-state index contributed by atoms with van der Waals surface area (Å²) in [5, 5.41) is 4.38. The van der Waals surface area contributed by atoms with Crippen molar-refractivity contribution in [1.82, 2.24) is 0 Å². The maximum absolute atomic E-state index is 13.8. The largest absolute Gasteiger partial charge is 0.492 e. The molecule has 0 aromatic heterocycles. The van der Waals surface area contributed by atoms with Gasteiger partial charge in [-0.2, -0.15) is 5.10 Å². The van der Waals surface area contributed by atoms with E-state index in [4.69, 9.17) is 4.74 Å². The van der Waals surface area contributed by atoms with Crippen LogP contribution in [0.5, 0.6) is 5.75 Å². The second kappa shape index (κ2) is 7.57. The molecule has 0 saturated carbocycles. The Hall–Kier alpha value is -3.21. The Morgan fingerprint density at radius 2 is 1.44 bits per heavy atom. The zero-order valence-electron chi connectivity index (χ0n) is 13.5. The van der Waals surface area contributed by atoms with Gasteiger partial charge in [0.2, 0.25) is 0 Å². The predicted molar refractivity (Wildman–Crippen MR) is 95.1 cm³/mol. The highest BCUT2D eigenvalue weighted by molar-refractivity contribution is 6.13. The van der Waals surface area contributed by atoms with Crippen molar-refractivity contribution in [2.24, 2.45) is 5.10 Å². The maximum atomic E-state index is 13.8. The van der Waals surface area contributed by atoms with Gasteiger partial charge in [0.05, 0.1) is 12.8 Å². The molecule has 0 aliphatic heterocycles. The lowest BCUT2D eigenvalue weighted by Crippen LogP contribution is -2.07. The van der Waals surface area contributed by atoms with E-state index in [0.29, 0.717) is 5.71 Å². The lowest BCUT2D eigenvalue weighted by Gasteiger charge is -2.11. The van der Waals surface area contributed by atoms with Gasteiger partial charge in [0.1, 0.15) is 11.5 Å². The van der Waals surface area contributed by atoms with E-state index in [0.717, 1.165) is 23.3 Å². The summed E-state index contributed by atoms with van der Waals surface area (Å²) in [5.41, 5.74) is 5.23. The molecule has 3 rings (SSSR count). The highest BCUT2D eigenvalue weighted by Gasteiger charge is 2.13. The van der Waals surface area contributed by atoms with Crippen LogP contribution in [0, 0.1) is 11.6 Å². The lowest BCUT2D eigenvalue weighted by atomic mass is 10.0. The van der Waals surface area contributed by atoms with Crippen LogP contribution in [0.2, 0.25) is 0 Å². The summed E-state index contributed by atoms with van der Waals surface area (Å²) in [6.45, 7) is 0. The van der Waals surface area contributed by atoms with E-state index in [1.807, 2.05) is 60.7 Å². The number of halogens is 2. The molecule has 0 radical (unpaired) electrons. The van der Waals surface area contributed by atoms with Crippen molar-refractivity contribution in [2.75, 3.05) is 12.5 Å². The van der Waals surface area contributed by atoms with Crippen LogP contribution in [-0.4, -0.2) is 12.8 Å². The fourth-order valence-electron chi connectivity index (χ4n) is 2.45. The van der Waals surface area contributed by atoms with Crippen molar-refractivity contribution >= 4 is 11.4 Å². The SMILES string of the molecule is COc1c(F)cc(F)cc1NN=C(c1ccccc1)c1ccccc1. The molecule has 3 nitrogen and oxygen atoms in total. The minimum atomic E-state index is -0.791. The number of hydrogen-bond acceptors (Lipinski definition) is 3. The number of ether oxygens (including phenoxy) is 1. The van der Waals surface area contributed by atoms with Crippen molar-refractivity contribution < 1.29 is 13.5 Å². The van der Waals surface area contributed by atoms with Crippen LogP contribution in [0.15, 0.2) is 77.9 Å². The number of rotatable bonds is 5. The normalized spacial score (nSPS) is 10.2. The first-order chi connectivity index (χ1) is 12.2. The van der Waals surface area contributed by atoms with Gasteiger partial charge in [0.15, 0.2) is 11.6 Å². The molecule has 0 amide bonds. The highest BCUT2D eigenvalue weighted by Crippen LogP contribution is 2.29. The van der Waals surface area contributed by atoms with Gasteiger partial charge in [-0.3, -0.25) is 5.43 Å². The van der Waals surface area contributed by atoms with Crippen LogP contribution in [0.4, 0.5) is 14.5 Å². The van der Waals surface area contributed by atoms with Gasteiger partial charge in [0, 0.05) is 23.3 Å². The minimum Gasteiger partial charge on any atom is -0.492 e. The van der Waals surface area contributed by atoms with E-state index < -0.39 is 11.6 Å². The zero-order valence-corrected chi connectivity index (χ0v) is 13.5. The predicted octanol–water partition coefficient (Wildman–Crippen LogP) is 4.84. The van der Waals surface area contributed by atoms with E-state index in [2.05, 4.69) is 10.5 Å². The molecule has 0 spiro atoms. The third kappa shape index (κ3) is 3.83. The molecule has 0 unspecified atom stereocenters. The molecule has 0 saturated heterocycles. The Labute approximate surface area is 144 Å². The fourth-order valence-corrected chi connectivity index (χ4v) is 2.45. The third-order valence-electron chi connectivity index (χ3n) is 3.60. The first-order valence-electron chi connectivity index (χ1n) is 7.66. The Morgan fingerprint density at radius 1 is 0.880 bits per heavy atom. The van der Waals surface area contributed by atoms with E-state index in [1.165, 1.54) is 7.11 Å². The molecule has 1 N–H and O–H groups in total. The van der Waals surface area contributed by atoms with E-state index in [1.54, 1.807) is 0 Å². The summed E-state index contributed by atoms with van der Waals surface area (Å²) in [7, 11) is 1.32. The van der Waals surface area contributed by atoms with Gasteiger partial charge >= 0.3 is 0 Å². The van der Waals surface area contributed by atoms with Gasteiger partial charge in [0.25, 0.3) is 0 Å². The molecule has 3 aromatic carbocycles. The molecule has 5 heteroatoms. The second-order valence-corrected chi connectivity index (χ2v) is 5.27. The molecule has 0 fully saturated rings. The molecule has 0 atom stereocenters. The van der Waals surface area contributed by atoms with Crippen LogP contribution in [0.1, 0.15) is 11.1 Å². The zero-order chi connectivity index (χ0) is 17.6. The number of anilines is 1. The second-order valence-electron chi connectivity index (χ2n) is 5.27. The summed E-state index contributed by atoms with van der Waals surface area (Å²) in [6.07, 6.45) is 0. The Bertz CT molecular complexity index is 839. The Balaban J connectivity index is 2.04. The van der Waals surface area contributed by atoms with Gasteiger partial charge in [-0.15, -0.1) is 0 Å². The molecule has 25 heavy (non-hydrogen) atoms. The average molecular weight is 338 g/mol. The van der Waals surface area contributed by atoms with Crippen LogP contribution in [0.25, 0.3) is 0 Å². The molecular weight excluding hydrogens is 322 g/mol. The first-order valence-corrected chi connectivity index (χ1v) is 7.66. The van der Waals surface area contributed by atoms with Gasteiger partial charge in [-0.25, -0.2) is 8.78 Å². The van der Waals surface area contributed by atoms with Crippen molar-refractivity contribution in [1.29, 1.82) is 0 Å². The van der Waals surface area contributed by atoms with Gasteiger partial charge in [-0.1, -0.05) is 60.7 Å². The van der Waals surface area contributed by atoms with Crippen molar-refractivity contribution in [3.05, 3.63) is 95.6 Å². The number of nitrogens with zero attached hydrogens (tertiary/aromatic N) is 1. The van der Waals surface area contributed by atoms with Gasteiger partial charge in [-0.05, 0) is 0 Å². The molecule has 0 bridgehead atoms. The minimum absolute atomic E-state index is 0.0920. The van der Waals surface area contributed by atoms with Crippen LogP contribution in [-0.2, 0) is 0 Å². The van der Waals surface area contributed by atoms with E-state index in [9.17, 15) is 8.78 Å². The summed E-state index contributed by atoms with van der Waals surface area (Å²) in [4.78, 5) is 0. The van der Waals surface area contributed by atoms with Crippen LogP contribution in [0.3, 0.4) is 0 Å². The summed E-state index contributed by atoms with van der Waals surface area (Å²) >= 11 is 0. The monoisotopic (exact) mass is 338 g/mol. The van der Waals surface area contributed by atoms with Crippen molar-refractivity contribution in [2.45, 2.75) is 0 Å². The van der Waals surface area contributed by atoms with Crippen molar-refractivity contribution in [3.8, 4) is 5.75 Å². The average Bonchev–Trinajstić information content (AvgIpc) is 2.63.